The van der Waals surface area contributed by atoms with Gasteiger partial charge in [0.25, 0.3) is 5.91 Å². The van der Waals surface area contributed by atoms with Gasteiger partial charge in [-0.3, -0.25) is 4.79 Å². The molecule has 3 heteroatoms. The van der Waals surface area contributed by atoms with E-state index in [2.05, 4.69) is 47.2 Å². The fraction of sp³-hybridized carbons (Fsp3) is 0.278. The number of halogens is 1. The molecule has 2 aromatic rings. The van der Waals surface area contributed by atoms with Crippen LogP contribution >= 0.6 is 15.9 Å². The fourth-order valence-corrected chi connectivity index (χ4v) is 2.64. The van der Waals surface area contributed by atoms with Gasteiger partial charge < -0.3 is 5.32 Å². The molecular formula is C18H20BrNO. The Morgan fingerprint density at radius 3 is 2.19 bits per heavy atom. The zero-order chi connectivity index (χ0) is 15.2. The number of carbonyl (C=O) groups is 1. The first kappa shape index (κ1) is 15.8. The van der Waals surface area contributed by atoms with E-state index in [1.165, 1.54) is 0 Å². The lowest BCUT2D eigenvalue weighted by Gasteiger charge is -2.23. The Hall–Kier alpha value is -1.61. The topological polar surface area (TPSA) is 29.1 Å². The average Bonchev–Trinajstić information content (AvgIpc) is 2.53. The van der Waals surface area contributed by atoms with Gasteiger partial charge in [0.2, 0.25) is 0 Å². The van der Waals surface area contributed by atoms with Crippen molar-refractivity contribution in [1.29, 1.82) is 0 Å². The van der Waals surface area contributed by atoms with E-state index in [4.69, 9.17) is 0 Å². The van der Waals surface area contributed by atoms with Gasteiger partial charge in [-0.2, -0.15) is 0 Å². The molecule has 1 atom stereocenters. The molecule has 2 rings (SSSR count). The standard InChI is InChI=1S/C18H20BrNO/c1-13(2)17(15-6-4-3-5-7-15)20-18(21)16-10-8-14(12-19)9-11-16/h3-11,13,17H,12H2,1-2H3,(H,20,21). The third-order valence-corrected chi connectivity index (χ3v) is 4.13. The van der Waals surface area contributed by atoms with Crippen LogP contribution in [0.2, 0.25) is 0 Å². The fourth-order valence-electron chi connectivity index (χ4n) is 2.27. The number of alkyl halides is 1. The molecule has 21 heavy (non-hydrogen) atoms. The number of hydrogen-bond donors (Lipinski definition) is 1. The number of rotatable bonds is 5. The summed E-state index contributed by atoms with van der Waals surface area (Å²) in [7, 11) is 0. The molecule has 0 bridgehead atoms. The van der Waals surface area contributed by atoms with Crippen molar-refractivity contribution >= 4 is 21.8 Å². The third kappa shape index (κ3) is 4.18. The van der Waals surface area contributed by atoms with E-state index in [-0.39, 0.29) is 11.9 Å². The van der Waals surface area contributed by atoms with Crippen LogP contribution in [-0.2, 0) is 5.33 Å². The van der Waals surface area contributed by atoms with Crippen LogP contribution in [0.25, 0.3) is 0 Å². The number of amides is 1. The predicted octanol–water partition coefficient (Wildman–Crippen LogP) is 4.71. The second-order valence-corrected chi connectivity index (χ2v) is 6.00. The maximum Gasteiger partial charge on any atom is 0.251 e. The second-order valence-electron chi connectivity index (χ2n) is 5.44. The molecule has 2 aromatic carbocycles. The van der Waals surface area contributed by atoms with Crippen molar-refractivity contribution in [3.8, 4) is 0 Å². The van der Waals surface area contributed by atoms with Crippen molar-refractivity contribution in [3.05, 3.63) is 71.3 Å². The van der Waals surface area contributed by atoms with Crippen molar-refractivity contribution in [2.45, 2.75) is 25.2 Å². The summed E-state index contributed by atoms with van der Waals surface area (Å²) in [5.41, 5.74) is 2.99. The first-order valence-corrected chi connectivity index (χ1v) is 8.24. The number of nitrogens with one attached hydrogen (secondary N) is 1. The van der Waals surface area contributed by atoms with E-state index >= 15 is 0 Å². The van der Waals surface area contributed by atoms with E-state index in [1.807, 2.05) is 42.5 Å². The van der Waals surface area contributed by atoms with Crippen LogP contribution in [0.3, 0.4) is 0 Å². The second kappa shape index (κ2) is 7.41. The Bertz CT molecular complexity index is 578. The van der Waals surface area contributed by atoms with Gasteiger partial charge >= 0.3 is 0 Å². The van der Waals surface area contributed by atoms with E-state index in [1.54, 1.807) is 0 Å². The van der Waals surface area contributed by atoms with E-state index in [9.17, 15) is 4.79 Å². The van der Waals surface area contributed by atoms with Crippen LogP contribution < -0.4 is 5.32 Å². The molecule has 0 saturated heterocycles. The first-order valence-electron chi connectivity index (χ1n) is 7.12. The summed E-state index contributed by atoms with van der Waals surface area (Å²) in [4.78, 5) is 12.4. The quantitative estimate of drug-likeness (QED) is 0.781. The summed E-state index contributed by atoms with van der Waals surface area (Å²) in [5.74, 6) is 0.303. The zero-order valence-electron chi connectivity index (χ0n) is 12.3. The monoisotopic (exact) mass is 345 g/mol. The van der Waals surface area contributed by atoms with Crippen molar-refractivity contribution in [2.24, 2.45) is 5.92 Å². The molecule has 0 heterocycles. The lowest BCUT2D eigenvalue weighted by Crippen LogP contribution is -2.31. The van der Waals surface area contributed by atoms with Gasteiger partial charge in [0.05, 0.1) is 6.04 Å². The van der Waals surface area contributed by atoms with Gasteiger partial charge in [-0.05, 0) is 29.2 Å². The normalized spacial score (nSPS) is 12.2. The van der Waals surface area contributed by atoms with Gasteiger partial charge in [-0.25, -0.2) is 0 Å². The molecule has 1 N–H and O–H groups in total. The molecule has 0 fully saturated rings. The predicted molar refractivity (Wildman–Crippen MR) is 90.6 cm³/mol. The van der Waals surface area contributed by atoms with E-state index < -0.39 is 0 Å². The number of benzene rings is 2. The molecule has 110 valence electrons. The lowest BCUT2D eigenvalue weighted by atomic mass is 9.95. The molecule has 0 aromatic heterocycles. The number of hydrogen-bond acceptors (Lipinski definition) is 1. The lowest BCUT2D eigenvalue weighted by molar-refractivity contribution is 0.0925. The molecule has 0 aliphatic heterocycles. The van der Waals surface area contributed by atoms with Crippen LogP contribution in [0, 0.1) is 5.92 Å². The summed E-state index contributed by atoms with van der Waals surface area (Å²) in [6, 6.07) is 17.8. The van der Waals surface area contributed by atoms with Gasteiger partial charge in [0.1, 0.15) is 0 Å². The summed E-state index contributed by atoms with van der Waals surface area (Å²) < 4.78 is 0. The minimum absolute atomic E-state index is 0.0227. The van der Waals surface area contributed by atoms with E-state index in [0.29, 0.717) is 11.5 Å². The minimum atomic E-state index is -0.0290. The van der Waals surface area contributed by atoms with Crippen LogP contribution in [0.1, 0.15) is 41.4 Å². The summed E-state index contributed by atoms with van der Waals surface area (Å²) in [6.07, 6.45) is 0. The van der Waals surface area contributed by atoms with E-state index in [0.717, 1.165) is 16.5 Å². The smallest absolute Gasteiger partial charge is 0.251 e. The Labute approximate surface area is 134 Å². The highest BCUT2D eigenvalue weighted by Crippen LogP contribution is 2.22. The average molecular weight is 346 g/mol. The highest BCUT2D eigenvalue weighted by atomic mass is 79.9. The molecule has 0 saturated carbocycles. The number of carbonyl (C=O) groups excluding carboxylic acids is 1. The summed E-state index contributed by atoms with van der Waals surface area (Å²) in [6.45, 7) is 4.23. The molecule has 0 radical (unpaired) electrons. The maximum atomic E-state index is 12.4. The largest absolute Gasteiger partial charge is 0.345 e. The molecule has 2 nitrogen and oxygen atoms in total. The van der Waals surface area contributed by atoms with Gasteiger partial charge in [0.15, 0.2) is 0 Å². The SMILES string of the molecule is CC(C)C(NC(=O)c1ccc(CBr)cc1)c1ccccc1. The van der Waals surface area contributed by atoms with Crippen LogP contribution in [0.15, 0.2) is 54.6 Å². The Balaban J connectivity index is 2.15. The molecule has 1 amide bonds. The first-order chi connectivity index (χ1) is 10.1. The zero-order valence-corrected chi connectivity index (χ0v) is 13.9. The highest BCUT2D eigenvalue weighted by Gasteiger charge is 2.18. The Morgan fingerprint density at radius 2 is 1.67 bits per heavy atom. The van der Waals surface area contributed by atoms with Gasteiger partial charge in [-0.1, -0.05) is 72.2 Å². The van der Waals surface area contributed by atoms with Gasteiger partial charge in [-0.15, -0.1) is 0 Å². The summed E-state index contributed by atoms with van der Waals surface area (Å²) >= 11 is 3.41. The molecule has 1 unspecified atom stereocenters. The van der Waals surface area contributed by atoms with Crippen LogP contribution in [0.4, 0.5) is 0 Å². The Kier molecular flexibility index (Phi) is 5.57. The Morgan fingerprint density at radius 1 is 1.05 bits per heavy atom. The van der Waals surface area contributed by atoms with Crippen molar-refractivity contribution < 1.29 is 4.79 Å². The molecule has 0 aliphatic carbocycles. The van der Waals surface area contributed by atoms with Gasteiger partial charge in [0, 0.05) is 10.9 Å². The third-order valence-electron chi connectivity index (χ3n) is 3.48. The molecule has 0 spiro atoms. The van der Waals surface area contributed by atoms with Crippen LogP contribution in [0.5, 0.6) is 0 Å². The van der Waals surface area contributed by atoms with Crippen LogP contribution in [-0.4, -0.2) is 5.91 Å². The molecule has 0 aliphatic rings. The highest BCUT2D eigenvalue weighted by molar-refractivity contribution is 9.08. The van der Waals surface area contributed by atoms with Crippen molar-refractivity contribution in [3.63, 3.8) is 0 Å². The molecular weight excluding hydrogens is 326 g/mol. The summed E-state index contributed by atoms with van der Waals surface area (Å²) in [5, 5.41) is 3.93. The minimum Gasteiger partial charge on any atom is -0.345 e. The van der Waals surface area contributed by atoms with Crippen molar-refractivity contribution in [1.82, 2.24) is 5.32 Å². The van der Waals surface area contributed by atoms with Crippen molar-refractivity contribution in [2.75, 3.05) is 0 Å². The maximum absolute atomic E-state index is 12.4.